The molecule has 0 aromatic heterocycles. The number of ether oxygens (including phenoxy) is 2. The van der Waals surface area contributed by atoms with Gasteiger partial charge in [0.1, 0.15) is 39.3 Å². The normalized spacial score (nSPS) is 16.3. The Bertz CT molecular complexity index is 2240. The Hall–Kier alpha value is -4.46. The van der Waals surface area contributed by atoms with Gasteiger partial charge in [-0.2, -0.15) is 8.42 Å². The Morgan fingerprint density at radius 2 is 1.47 bits per heavy atom. The van der Waals surface area contributed by atoms with Crippen LogP contribution in [0.1, 0.15) is 40.9 Å². The van der Waals surface area contributed by atoms with Gasteiger partial charge in [0.15, 0.2) is 5.60 Å². The number of aromatic hydroxyl groups is 2. The summed E-state index contributed by atoms with van der Waals surface area (Å²) in [6, 6.07) is 22.7. The molecule has 7 rings (SSSR count). The standard InChI is InChI=1S/C34H27N3O8S.Na/c1-3-37(4-2)19-13-14-24-29(15-19)44-30-17-27(38)26(16-25(30)34(24)23-12-8-7-11-22(23)33(40)45-34)35-36-32-21-10-6-5-9-20(21)31(18-28(32)39)46(41,42)43;/h5-18,38-39H,3-4H2,1-2H3,(H,41,42,43);/q;+1. The third-order valence-electron chi connectivity index (χ3n) is 8.41. The predicted octanol–water partition coefficient (Wildman–Crippen LogP) is 4.33. The predicted molar refractivity (Wildman–Crippen MR) is 170 cm³/mol. The number of carbonyl (C=O) groups is 1. The van der Waals surface area contributed by atoms with Crippen LogP contribution in [0.15, 0.2) is 100 Å². The number of esters is 1. The van der Waals surface area contributed by atoms with Crippen LogP contribution in [0.4, 0.5) is 17.1 Å². The molecule has 2 heterocycles. The van der Waals surface area contributed by atoms with Crippen molar-refractivity contribution in [1.82, 2.24) is 0 Å². The van der Waals surface area contributed by atoms with Gasteiger partial charge in [-0.3, -0.25) is 4.55 Å². The molecule has 232 valence electrons. The molecule has 3 N–H and O–H groups in total. The van der Waals surface area contributed by atoms with E-state index in [1.807, 2.05) is 30.3 Å². The second kappa shape index (κ2) is 12.0. The number of anilines is 1. The molecule has 13 heteroatoms. The molecule has 5 aromatic rings. The maximum absolute atomic E-state index is 13.3. The molecule has 1 spiro atoms. The first-order valence-electron chi connectivity index (χ1n) is 14.5. The van der Waals surface area contributed by atoms with Gasteiger partial charge in [-0.05, 0) is 38.1 Å². The van der Waals surface area contributed by atoms with Gasteiger partial charge in [-0.1, -0.05) is 42.5 Å². The molecule has 0 aliphatic carbocycles. The minimum Gasteiger partial charge on any atom is -0.506 e. The van der Waals surface area contributed by atoms with Crippen molar-refractivity contribution in [2.75, 3.05) is 18.0 Å². The summed E-state index contributed by atoms with van der Waals surface area (Å²) < 4.78 is 46.3. The summed E-state index contributed by atoms with van der Waals surface area (Å²) >= 11 is 0. The molecule has 0 amide bonds. The third-order valence-corrected chi connectivity index (χ3v) is 9.31. The van der Waals surface area contributed by atoms with E-state index in [2.05, 4.69) is 29.0 Å². The smallest absolute Gasteiger partial charge is 0.506 e. The molecule has 2 aliphatic heterocycles. The summed E-state index contributed by atoms with van der Waals surface area (Å²) in [6.45, 7) is 5.64. The summed E-state index contributed by atoms with van der Waals surface area (Å²) in [5, 5.41) is 30.6. The van der Waals surface area contributed by atoms with Gasteiger partial charge in [0.2, 0.25) is 0 Å². The van der Waals surface area contributed by atoms with Crippen molar-refractivity contribution >= 4 is 43.9 Å². The number of carbonyl (C=O) groups excluding carboxylic acids is 1. The minimum absolute atomic E-state index is 0. The Morgan fingerprint density at radius 1 is 0.787 bits per heavy atom. The fourth-order valence-electron chi connectivity index (χ4n) is 6.29. The van der Waals surface area contributed by atoms with Crippen molar-refractivity contribution in [2.24, 2.45) is 10.2 Å². The van der Waals surface area contributed by atoms with Crippen molar-refractivity contribution in [1.29, 1.82) is 0 Å². The second-order valence-corrected chi connectivity index (χ2v) is 12.3. The fraction of sp³-hybridized carbons (Fsp3) is 0.147. The summed E-state index contributed by atoms with van der Waals surface area (Å²) in [4.78, 5) is 15.0. The topological polar surface area (TPSA) is 158 Å². The zero-order valence-electron chi connectivity index (χ0n) is 25.6. The SMILES string of the molecule is CCN(CC)c1ccc2c(c1)Oc1cc(O)c(N=Nc3c(O)cc(S(=O)(=O)O)c4ccccc34)cc1C21OC(=O)c2ccccc21.[Na+]. The molecule has 0 bridgehead atoms. The Morgan fingerprint density at radius 3 is 2.19 bits per heavy atom. The van der Waals surface area contributed by atoms with E-state index in [1.165, 1.54) is 24.3 Å². The first-order valence-corrected chi connectivity index (χ1v) is 15.9. The van der Waals surface area contributed by atoms with Crippen molar-refractivity contribution in [2.45, 2.75) is 24.3 Å². The number of fused-ring (bicyclic) bond motifs is 7. The zero-order valence-corrected chi connectivity index (χ0v) is 28.4. The number of phenolic OH excluding ortho intramolecular Hbond substituents is 2. The molecular formula is C34H27N3NaO8S+. The number of hydrogen-bond acceptors (Lipinski definition) is 10. The average molecular weight is 661 g/mol. The molecule has 11 nitrogen and oxygen atoms in total. The molecule has 1 atom stereocenters. The van der Waals surface area contributed by atoms with Crippen LogP contribution in [0.3, 0.4) is 0 Å². The van der Waals surface area contributed by atoms with Gasteiger partial charge in [0.25, 0.3) is 10.1 Å². The van der Waals surface area contributed by atoms with Crippen LogP contribution in [0.5, 0.6) is 23.0 Å². The summed E-state index contributed by atoms with van der Waals surface area (Å²) in [5.74, 6) is -0.670. The average Bonchev–Trinajstić information content (AvgIpc) is 3.33. The van der Waals surface area contributed by atoms with Crippen molar-refractivity contribution in [3.63, 3.8) is 0 Å². The Balaban J connectivity index is 0.00000386. The van der Waals surface area contributed by atoms with Gasteiger partial charge >= 0.3 is 35.5 Å². The summed E-state index contributed by atoms with van der Waals surface area (Å²) in [5.41, 5.74) is 1.35. The second-order valence-electron chi connectivity index (χ2n) is 10.9. The number of phenols is 2. The zero-order chi connectivity index (χ0) is 32.4. The van der Waals surface area contributed by atoms with Crippen LogP contribution in [-0.4, -0.2) is 42.2 Å². The maximum atomic E-state index is 13.3. The number of azo groups is 1. The third kappa shape index (κ3) is 5.13. The molecule has 5 aromatic carbocycles. The van der Waals surface area contributed by atoms with Gasteiger partial charge in [0, 0.05) is 58.9 Å². The quantitative estimate of drug-likeness (QED) is 0.104. The van der Waals surface area contributed by atoms with E-state index in [4.69, 9.17) is 9.47 Å². The van der Waals surface area contributed by atoms with E-state index in [0.717, 1.165) is 24.8 Å². The first kappa shape index (κ1) is 32.5. The first-order chi connectivity index (χ1) is 22.1. The van der Waals surface area contributed by atoms with Crippen LogP contribution < -0.4 is 39.2 Å². The molecular weight excluding hydrogens is 633 g/mol. The van der Waals surface area contributed by atoms with Gasteiger partial charge in [-0.15, -0.1) is 10.2 Å². The Labute approximate surface area is 292 Å². The monoisotopic (exact) mass is 660 g/mol. The molecule has 2 aliphatic rings. The fourth-order valence-corrected chi connectivity index (χ4v) is 7.00. The van der Waals surface area contributed by atoms with E-state index in [0.29, 0.717) is 28.0 Å². The number of hydrogen-bond donors (Lipinski definition) is 3. The Kier molecular flexibility index (Phi) is 8.27. The largest absolute Gasteiger partial charge is 1.00 e. The van der Waals surface area contributed by atoms with Crippen LogP contribution in [0.25, 0.3) is 10.8 Å². The van der Waals surface area contributed by atoms with Crippen molar-refractivity contribution < 1.29 is 67.0 Å². The van der Waals surface area contributed by atoms with E-state index in [1.54, 1.807) is 24.3 Å². The summed E-state index contributed by atoms with van der Waals surface area (Å²) in [6.07, 6.45) is 0. The van der Waals surface area contributed by atoms with E-state index < -0.39 is 32.3 Å². The summed E-state index contributed by atoms with van der Waals surface area (Å²) in [7, 11) is -4.66. The van der Waals surface area contributed by atoms with E-state index in [9.17, 15) is 28.0 Å². The van der Waals surface area contributed by atoms with Crippen LogP contribution >= 0.6 is 0 Å². The maximum Gasteiger partial charge on any atom is 1.00 e. The van der Waals surface area contributed by atoms with Crippen LogP contribution in [-0.2, 0) is 20.5 Å². The molecule has 0 radical (unpaired) electrons. The molecule has 47 heavy (non-hydrogen) atoms. The van der Waals surface area contributed by atoms with E-state index >= 15 is 0 Å². The van der Waals surface area contributed by atoms with Gasteiger partial charge in [0.05, 0.1) is 11.1 Å². The van der Waals surface area contributed by atoms with E-state index in [-0.39, 0.29) is 63.2 Å². The molecule has 1 unspecified atom stereocenters. The number of nitrogens with zero attached hydrogens (tertiary/aromatic N) is 3. The van der Waals surface area contributed by atoms with Gasteiger partial charge < -0.3 is 24.6 Å². The number of benzene rings is 5. The van der Waals surface area contributed by atoms with Gasteiger partial charge in [-0.25, -0.2) is 4.79 Å². The van der Waals surface area contributed by atoms with Crippen LogP contribution in [0.2, 0.25) is 0 Å². The molecule has 0 saturated carbocycles. The molecule has 0 saturated heterocycles. The number of rotatable bonds is 6. The van der Waals surface area contributed by atoms with Crippen molar-refractivity contribution in [3.05, 3.63) is 107 Å². The van der Waals surface area contributed by atoms with Crippen LogP contribution in [0, 0.1) is 0 Å². The minimum atomic E-state index is -4.66. The molecule has 0 fully saturated rings. The van der Waals surface area contributed by atoms with Crippen molar-refractivity contribution in [3.8, 4) is 23.0 Å².